The number of nitrogens with one attached hydrogen (secondary N) is 1. The van der Waals surface area contributed by atoms with E-state index in [0.29, 0.717) is 22.5 Å². The minimum absolute atomic E-state index is 0.00950. The maximum absolute atomic E-state index is 13.0. The summed E-state index contributed by atoms with van der Waals surface area (Å²) in [5, 5.41) is 0. The summed E-state index contributed by atoms with van der Waals surface area (Å²) in [6, 6.07) is 9.66. The largest absolute Gasteiger partial charge is 0.461 e. The Morgan fingerprint density at radius 2 is 1.86 bits per heavy atom. The standard InChI is InChI=1S/C23H26N2O4/c1-4-29-23(28)22-15(2)21(16(3)24-22)19(26)14-25(18-11-12-18)20(27)13-10-17-8-6-5-7-9-17/h5-10,13,18,24H,4,11-12,14H2,1-3H3/b13-10+. The van der Waals surface area contributed by atoms with Gasteiger partial charge in [0.15, 0.2) is 5.78 Å². The first kappa shape index (κ1) is 20.6. The second kappa shape index (κ2) is 8.90. The second-order valence-corrected chi connectivity index (χ2v) is 7.21. The van der Waals surface area contributed by atoms with Crippen LogP contribution >= 0.6 is 0 Å². The molecule has 152 valence electrons. The molecule has 0 radical (unpaired) electrons. The van der Waals surface area contributed by atoms with Crippen molar-refractivity contribution < 1.29 is 19.1 Å². The van der Waals surface area contributed by atoms with E-state index in [9.17, 15) is 14.4 Å². The summed E-state index contributed by atoms with van der Waals surface area (Å²) in [6.45, 7) is 5.46. The molecule has 1 heterocycles. The molecule has 0 spiro atoms. The van der Waals surface area contributed by atoms with Crippen LogP contribution in [0.1, 0.15) is 57.4 Å². The Hall–Kier alpha value is -3.15. The van der Waals surface area contributed by atoms with Crippen LogP contribution in [0.15, 0.2) is 36.4 Å². The number of amides is 1. The molecule has 1 fully saturated rings. The molecule has 1 saturated carbocycles. The summed E-state index contributed by atoms with van der Waals surface area (Å²) in [5.41, 5.74) is 2.85. The van der Waals surface area contributed by atoms with E-state index in [-0.39, 0.29) is 30.9 Å². The number of benzene rings is 1. The SMILES string of the molecule is CCOC(=O)c1[nH]c(C)c(C(=O)CN(C(=O)/C=C/c2ccccc2)C2CC2)c1C. The fourth-order valence-electron chi connectivity index (χ4n) is 3.41. The van der Waals surface area contributed by atoms with Crippen molar-refractivity contribution in [3.05, 3.63) is 64.5 Å². The van der Waals surface area contributed by atoms with Crippen molar-refractivity contribution in [3.8, 4) is 0 Å². The fraction of sp³-hybridized carbons (Fsp3) is 0.348. The number of H-pyrrole nitrogens is 1. The van der Waals surface area contributed by atoms with E-state index in [1.807, 2.05) is 30.3 Å². The molecule has 2 aromatic rings. The van der Waals surface area contributed by atoms with E-state index in [0.717, 1.165) is 18.4 Å². The van der Waals surface area contributed by atoms with Crippen molar-refractivity contribution in [2.75, 3.05) is 13.2 Å². The normalized spacial score (nSPS) is 13.5. The van der Waals surface area contributed by atoms with E-state index in [4.69, 9.17) is 4.74 Å². The van der Waals surface area contributed by atoms with E-state index < -0.39 is 5.97 Å². The molecule has 0 aliphatic heterocycles. The number of hydrogen-bond donors (Lipinski definition) is 1. The second-order valence-electron chi connectivity index (χ2n) is 7.21. The van der Waals surface area contributed by atoms with Crippen LogP contribution in [0.2, 0.25) is 0 Å². The molecule has 1 N–H and O–H groups in total. The zero-order valence-electron chi connectivity index (χ0n) is 17.0. The highest BCUT2D eigenvalue weighted by molar-refractivity contribution is 6.05. The zero-order chi connectivity index (χ0) is 21.0. The predicted octanol–water partition coefficient (Wildman–Crippen LogP) is 3.70. The molecule has 1 aromatic heterocycles. The first-order valence-corrected chi connectivity index (χ1v) is 9.85. The van der Waals surface area contributed by atoms with Crippen LogP contribution in [0.4, 0.5) is 0 Å². The van der Waals surface area contributed by atoms with E-state index in [1.54, 1.807) is 31.7 Å². The van der Waals surface area contributed by atoms with E-state index in [1.165, 1.54) is 6.08 Å². The van der Waals surface area contributed by atoms with E-state index in [2.05, 4.69) is 4.98 Å². The maximum atomic E-state index is 13.0. The molecule has 6 heteroatoms. The Balaban J connectivity index is 1.76. The smallest absolute Gasteiger partial charge is 0.355 e. The van der Waals surface area contributed by atoms with Gasteiger partial charge in [0, 0.05) is 23.4 Å². The number of ketones is 1. The van der Waals surface area contributed by atoms with Crippen LogP contribution < -0.4 is 0 Å². The number of aromatic amines is 1. The van der Waals surface area contributed by atoms with Crippen molar-refractivity contribution in [3.63, 3.8) is 0 Å². The van der Waals surface area contributed by atoms with Gasteiger partial charge in [-0.1, -0.05) is 30.3 Å². The quantitative estimate of drug-likeness (QED) is 0.421. The Labute approximate surface area is 170 Å². The zero-order valence-corrected chi connectivity index (χ0v) is 17.0. The number of Topliss-reactive ketones (excluding diaryl/α,β-unsaturated/α-hetero) is 1. The highest BCUT2D eigenvalue weighted by Gasteiger charge is 2.34. The summed E-state index contributed by atoms with van der Waals surface area (Å²) < 4.78 is 5.04. The molecule has 1 aliphatic rings. The molecule has 0 unspecified atom stereocenters. The van der Waals surface area contributed by atoms with Crippen molar-refractivity contribution in [2.24, 2.45) is 0 Å². The molecular weight excluding hydrogens is 368 g/mol. The van der Waals surface area contributed by atoms with Crippen molar-refractivity contribution >= 4 is 23.7 Å². The summed E-state index contributed by atoms with van der Waals surface area (Å²) in [5.74, 6) is -0.839. The fourth-order valence-corrected chi connectivity index (χ4v) is 3.41. The third-order valence-electron chi connectivity index (χ3n) is 5.00. The van der Waals surface area contributed by atoms with Gasteiger partial charge in [0.25, 0.3) is 0 Å². The third kappa shape index (κ3) is 4.83. The molecule has 1 aliphatic carbocycles. The number of aromatic nitrogens is 1. The van der Waals surface area contributed by atoms with Gasteiger partial charge in [0.2, 0.25) is 5.91 Å². The first-order chi connectivity index (χ1) is 13.9. The molecule has 1 aromatic carbocycles. The minimum Gasteiger partial charge on any atom is -0.461 e. The van der Waals surface area contributed by atoms with Crippen LogP contribution in [-0.4, -0.2) is 46.7 Å². The predicted molar refractivity (Wildman–Crippen MR) is 111 cm³/mol. The average Bonchev–Trinajstić information content (AvgIpc) is 3.49. The monoisotopic (exact) mass is 394 g/mol. The van der Waals surface area contributed by atoms with Crippen molar-refractivity contribution in [1.82, 2.24) is 9.88 Å². The maximum Gasteiger partial charge on any atom is 0.355 e. The van der Waals surface area contributed by atoms with Gasteiger partial charge in [-0.2, -0.15) is 0 Å². The van der Waals surface area contributed by atoms with Gasteiger partial charge in [0.1, 0.15) is 5.69 Å². The highest BCUT2D eigenvalue weighted by Crippen LogP contribution is 2.28. The van der Waals surface area contributed by atoms with Crippen molar-refractivity contribution in [1.29, 1.82) is 0 Å². The Bertz CT molecular complexity index is 939. The third-order valence-corrected chi connectivity index (χ3v) is 5.00. The van der Waals surface area contributed by atoms with E-state index >= 15 is 0 Å². The van der Waals surface area contributed by atoms with Gasteiger partial charge >= 0.3 is 5.97 Å². The average molecular weight is 394 g/mol. The van der Waals surface area contributed by atoms with Crippen LogP contribution in [-0.2, 0) is 9.53 Å². The summed E-state index contributed by atoms with van der Waals surface area (Å²) in [4.78, 5) is 42.4. The Morgan fingerprint density at radius 1 is 1.17 bits per heavy atom. The summed E-state index contributed by atoms with van der Waals surface area (Å²) in [6.07, 6.45) is 5.07. The first-order valence-electron chi connectivity index (χ1n) is 9.85. The number of carbonyl (C=O) groups is 3. The van der Waals surface area contributed by atoms with Gasteiger partial charge in [-0.15, -0.1) is 0 Å². The molecule has 29 heavy (non-hydrogen) atoms. The number of carbonyl (C=O) groups excluding carboxylic acids is 3. The molecule has 1 amide bonds. The number of hydrogen-bond acceptors (Lipinski definition) is 4. The van der Waals surface area contributed by atoms with Crippen LogP contribution in [0.25, 0.3) is 6.08 Å². The number of rotatable bonds is 8. The molecular formula is C23H26N2O4. The summed E-state index contributed by atoms with van der Waals surface area (Å²) in [7, 11) is 0. The van der Waals surface area contributed by atoms with Gasteiger partial charge < -0.3 is 14.6 Å². The number of ether oxygens (including phenoxy) is 1. The summed E-state index contributed by atoms with van der Waals surface area (Å²) >= 11 is 0. The lowest BCUT2D eigenvalue weighted by Gasteiger charge is -2.20. The van der Waals surface area contributed by atoms with Crippen LogP contribution in [0.5, 0.6) is 0 Å². The van der Waals surface area contributed by atoms with Crippen LogP contribution in [0, 0.1) is 13.8 Å². The molecule has 0 saturated heterocycles. The Morgan fingerprint density at radius 3 is 2.48 bits per heavy atom. The lowest BCUT2D eigenvalue weighted by molar-refractivity contribution is -0.126. The van der Waals surface area contributed by atoms with Crippen molar-refractivity contribution in [2.45, 2.75) is 39.7 Å². The highest BCUT2D eigenvalue weighted by atomic mass is 16.5. The van der Waals surface area contributed by atoms with Crippen LogP contribution in [0.3, 0.4) is 0 Å². The minimum atomic E-state index is -0.479. The van der Waals surface area contributed by atoms with Gasteiger partial charge in [-0.25, -0.2) is 4.79 Å². The molecule has 0 bridgehead atoms. The lowest BCUT2D eigenvalue weighted by Crippen LogP contribution is -2.36. The molecule has 0 atom stereocenters. The molecule has 3 rings (SSSR count). The van der Waals surface area contributed by atoms with Gasteiger partial charge in [0.05, 0.1) is 13.2 Å². The number of aryl methyl sites for hydroxylation is 1. The topological polar surface area (TPSA) is 79.5 Å². The molecule has 6 nitrogen and oxygen atoms in total. The number of esters is 1. The van der Waals surface area contributed by atoms with Gasteiger partial charge in [-0.05, 0) is 50.8 Å². The Kier molecular flexibility index (Phi) is 6.32. The number of nitrogens with zero attached hydrogens (tertiary/aromatic N) is 1. The lowest BCUT2D eigenvalue weighted by atomic mass is 10.0. The van der Waals surface area contributed by atoms with Gasteiger partial charge in [-0.3, -0.25) is 9.59 Å².